The average Bonchev–Trinajstić information content (AvgIpc) is 2.34. The van der Waals surface area contributed by atoms with Gasteiger partial charge in [-0.25, -0.2) is 0 Å². The molecule has 0 spiro atoms. The Balaban J connectivity index is 2.96. The zero-order valence-electron chi connectivity index (χ0n) is 11.4. The molecule has 1 atom stereocenters. The molecule has 1 N–H and O–H groups in total. The summed E-state index contributed by atoms with van der Waals surface area (Å²) in [6.45, 7) is 6.50. The highest BCUT2D eigenvalue weighted by Crippen LogP contribution is 2.34. The van der Waals surface area contributed by atoms with Crippen molar-refractivity contribution in [2.45, 2.75) is 32.3 Å². The third-order valence-corrected chi connectivity index (χ3v) is 2.96. The zero-order valence-corrected chi connectivity index (χ0v) is 12.1. The van der Waals surface area contributed by atoms with Crippen LogP contribution in [0, 0.1) is 0 Å². The van der Waals surface area contributed by atoms with E-state index in [1.807, 2.05) is 18.2 Å². The van der Waals surface area contributed by atoms with E-state index in [4.69, 9.17) is 21.1 Å². The molecular weight excluding hydrogens is 252 g/mol. The molecule has 0 fully saturated rings. The van der Waals surface area contributed by atoms with Crippen molar-refractivity contribution in [3.8, 4) is 11.5 Å². The van der Waals surface area contributed by atoms with Gasteiger partial charge in [0.05, 0.1) is 13.0 Å². The van der Waals surface area contributed by atoms with Gasteiger partial charge in [-0.2, -0.15) is 0 Å². The van der Waals surface area contributed by atoms with E-state index >= 15 is 0 Å². The Kier molecular flexibility index (Phi) is 5.29. The first-order valence-corrected chi connectivity index (χ1v) is 6.47. The van der Waals surface area contributed by atoms with Gasteiger partial charge in [-0.3, -0.25) is 0 Å². The third kappa shape index (κ3) is 4.07. The fourth-order valence-corrected chi connectivity index (χ4v) is 1.67. The van der Waals surface area contributed by atoms with Crippen LogP contribution in [0.1, 0.15) is 26.3 Å². The van der Waals surface area contributed by atoms with Gasteiger partial charge in [0, 0.05) is 5.56 Å². The molecule has 0 amide bonds. The van der Waals surface area contributed by atoms with Gasteiger partial charge in [-0.1, -0.05) is 20.8 Å². The predicted molar refractivity (Wildman–Crippen MR) is 73.9 cm³/mol. The van der Waals surface area contributed by atoms with Crippen molar-refractivity contribution in [1.29, 1.82) is 0 Å². The number of benzene rings is 1. The summed E-state index contributed by atoms with van der Waals surface area (Å²) in [7, 11) is 1.64. The lowest BCUT2D eigenvalue weighted by atomic mass is 9.86. The molecule has 1 rings (SSSR count). The number of alkyl halides is 1. The summed E-state index contributed by atoms with van der Waals surface area (Å²) < 4.78 is 10.9. The van der Waals surface area contributed by atoms with Crippen molar-refractivity contribution in [2.24, 2.45) is 0 Å². The highest BCUT2D eigenvalue weighted by Gasteiger charge is 2.20. The molecule has 0 aliphatic rings. The van der Waals surface area contributed by atoms with E-state index in [1.54, 1.807) is 7.11 Å². The largest absolute Gasteiger partial charge is 0.497 e. The van der Waals surface area contributed by atoms with E-state index in [-0.39, 0.29) is 17.9 Å². The van der Waals surface area contributed by atoms with Crippen LogP contribution in [-0.4, -0.2) is 30.8 Å². The summed E-state index contributed by atoms with van der Waals surface area (Å²) in [4.78, 5) is 0. The van der Waals surface area contributed by atoms with Crippen LogP contribution in [0.2, 0.25) is 0 Å². The van der Waals surface area contributed by atoms with Crippen LogP contribution < -0.4 is 9.47 Å². The van der Waals surface area contributed by atoms with Crippen LogP contribution in [-0.2, 0) is 5.41 Å². The maximum absolute atomic E-state index is 9.43. The molecule has 0 saturated heterocycles. The highest BCUT2D eigenvalue weighted by atomic mass is 35.5. The van der Waals surface area contributed by atoms with Crippen molar-refractivity contribution in [3.05, 3.63) is 23.8 Å². The molecule has 18 heavy (non-hydrogen) atoms. The standard InChI is InChI=1S/C14H21ClO3/c1-14(2,3)12-7-11(17-4)5-6-13(12)18-9-10(16)8-15/h5-7,10,16H,8-9H2,1-4H3. The van der Waals surface area contributed by atoms with Gasteiger partial charge < -0.3 is 14.6 Å². The Morgan fingerprint density at radius 2 is 2.00 bits per heavy atom. The quantitative estimate of drug-likeness (QED) is 0.838. The Bertz CT molecular complexity index is 385. The molecule has 0 aliphatic carbocycles. The van der Waals surface area contributed by atoms with E-state index in [0.29, 0.717) is 0 Å². The summed E-state index contributed by atoms with van der Waals surface area (Å²) in [6, 6.07) is 5.67. The Morgan fingerprint density at radius 3 is 2.50 bits per heavy atom. The topological polar surface area (TPSA) is 38.7 Å². The molecule has 0 aliphatic heterocycles. The molecule has 0 radical (unpaired) electrons. The van der Waals surface area contributed by atoms with Gasteiger partial charge in [0.25, 0.3) is 0 Å². The molecule has 102 valence electrons. The molecule has 1 aromatic carbocycles. The summed E-state index contributed by atoms with van der Waals surface area (Å²) in [6.07, 6.45) is -0.651. The fraction of sp³-hybridized carbons (Fsp3) is 0.571. The second-order valence-corrected chi connectivity index (χ2v) is 5.54. The average molecular weight is 273 g/mol. The highest BCUT2D eigenvalue weighted by molar-refractivity contribution is 6.18. The maximum Gasteiger partial charge on any atom is 0.123 e. The monoisotopic (exact) mass is 272 g/mol. The first-order chi connectivity index (χ1) is 8.38. The van der Waals surface area contributed by atoms with Gasteiger partial charge >= 0.3 is 0 Å². The van der Waals surface area contributed by atoms with Crippen LogP contribution in [0.15, 0.2) is 18.2 Å². The Hall–Kier alpha value is -0.930. The SMILES string of the molecule is COc1ccc(OCC(O)CCl)c(C(C)(C)C)c1. The van der Waals surface area contributed by atoms with E-state index in [9.17, 15) is 5.11 Å². The van der Waals surface area contributed by atoms with Crippen LogP contribution in [0.5, 0.6) is 11.5 Å². The summed E-state index contributed by atoms with van der Waals surface area (Å²) in [5.74, 6) is 1.72. The van der Waals surface area contributed by atoms with Crippen molar-refractivity contribution < 1.29 is 14.6 Å². The minimum atomic E-state index is -0.651. The maximum atomic E-state index is 9.43. The fourth-order valence-electron chi connectivity index (χ4n) is 1.58. The Morgan fingerprint density at radius 1 is 1.33 bits per heavy atom. The van der Waals surface area contributed by atoms with Gasteiger partial charge in [-0.15, -0.1) is 11.6 Å². The van der Waals surface area contributed by atoms with E-state index in [0.717, 1.165) is 17.1 Å². The molecule has 1 aromatic rings. The second-order valence-electron chi connectivity index (χ2n) is 5.23. The number of ether oxygens (including phenoxy) is 2. The minimum absolute atomic E-state index is 0.0597. The number of halogens is 1. The number of aliphatic hydroxyl groups excluding tert-OH is 1. The lowest BCUT2D eigenvalue weighted by Gasteiger charge is -2.24. The molecule has 0 saturated carbocycles. The van der Waals surface area contributed by atoms with Gasteiger partial charge in [0.2, 0.25) is 0 Å². The van der Waals surface area contributed by atoms with Crippen molar-refractivity contribution >= 4 is 11.6 Å². The van der Waals surface area contributed by atoms with Gasteiger partial charge in [-0.05, 0) is 23.6 Å². The summed E-state index contributed by atoms with van der Waals surface area (Å²) in [5.41, 5.74) is 0.985. The number of aliphatic hydroxyl groups is 1. The van der Waals surface area contributed by atoms with E-state index in [2.05, 4.69) is 20.8 Å². The normalized spacial score (nSPS) is 13.2. The summed E-state index contributed by atoms with van der Waals surface area (Å²) >= 11 is 5.55. The lowest BCUT2D eigenvalue weighted by molar-refractivity contribution is 0.124. The Labute approximate surface area is 114 Å². The van der Waals surface area contributed by atoms with Crippen molar-refractivity contribution in [3.63, 3.8) is 0 Å². The lowest BCUT2D eigenvalue weighted by Crippen LogP contribution is -2.21. The zero-order chi connectivity index (χ0) is 13.8. The molecule has 1 unspecified atom stereocenters. The number of hydrogen-bond donors (Lipinski definition) is 1. The summed E-state index contributed by atoms with van der Waals surface area (Å²) in [5, 5.41) is 9.43. The molecule has 3 nitrogen and oxygen atoms in total. The molecule has 0 heterocycles. The molecular formula is C14H21ClO3. The number of rotatable bonds is 5. The van der Waals surface area contributed by atoms with E-state index < -0.39 is 6.10 Å². The number of methoxy groups -OCH3 is 1. The molecule has 0 bridgehead atoms. The van der Waals surface area contributed by atoms with Crippen LogP contribution >= 0.6 is 11.6 Å². The van der Waals surface area contributed by atoms with Crippen LogP contribution in [0.4, 0.5) is 0 Å². The smallest absolute Gasteiger partial charge is 0.123 e. The molecule has 4 heteroatoms. The third-order valence-electron chi connectivity index (χ3n) is 2.60. The van der Waals surface area contributed by atoms with Gasteiger partial charge in [0.15, 0.2) is 0 Å². The molecule has 0 aromatic heterocycles. The van der Waals surface area contributed by atoms with Gasteiger partial charge in [0.1, 0.15) is 24.2 Å². The first-order valence-electron chi connectivity index (χ1n) is 5.94. The van der Waals surface area contributed by atoms with Crippen LogP contribution in [0.25, 0.3) is 0 Å². The second kappa shape index (κ2) is 6.30. The predicted octanol–water partition coefficient (Wildman–Crippen LogP) is 2.97. The van der Waals surface area contributed by atoms with Crippen molar-refractivity contribution in [1.82, 2.24) is 0 Å². The first kappa shape index (κ1) is 15.1. The van der Waals surface area contributed by atoms with Crippen LogP contribution in [0.3, 0.4) is 0 Å². The number of hydrogen-bond acceptors (Lipinski definition) is 3. The minimum Gasteiger partial charge on any atom is -0.497 e. The van der Waals surface area contributed by atoms with Crippen molar-refractivity contribution in [2.75, 3.05) is 19.6 Å². The van der Waals surface area contributed by atoms with E-state index in [1.165, 1.54) is 0 Å².